The summed E-state index contributed by atoms with van der Waals surface area (Å²) in [5.74, 6) is 0.707. The minimum atomic E-state index is -0.141. The van der Waals surface area contributed by atoms with Gasteiger partial charge in [0.25, 0.3) is 5.91 Å². The molecule has 1 atom stereocenters. The monoisotopic (exact) mass is 322 g/mol. The molecule has 0 radical (unpaired) electrons. The number of nitrogens with one attached hydrogen (secondary N) is 1. The number of carbonyl (C=O) groups is 1. The average Bonchev–Trinajstić information content (AvgIpc) is 3.20. The zero-order chi connectivity index (χ0) is 15.4. The second kappa shape index (κ2) is 6.99. The lowest BCUT2D eigenvalue weighted by Gasteiger charge is -2.33. The number of furan rings is 1. The summed E-state index contributed by atoms with van der Waals surface area (Å²) in [6, 6.07) is 3.80. The molecule has 0 spiro atoms. The number of rotatable bonds is 5. The van der Waals surface area contributed by atoms with Crippen LogP contribution in [0.2, 0.25) is 0 Å². The third kappa shape index (κ3) is 3.34. The van der Waals surface area contributed by atoms with E-state index in [1.807, 2.05) is 12.1 Å². The van der Waals surface area contributed by atoms with Crippen LogP contribution in [-0.4, -0.2) is 53.2 Å². The Morgan fingerprint density at radius 1 is 1.50 bits per heavy atom. The maximum Gasteiger partial charge on any atom is 0.265 e. The van der Waals surface area contributed by atoms with E-state index in [1.165, 1.54) is 0 Å². The maximum absolute atomic E-state index is 12.2. The average molecular weight is 322 g/mol. The van der Waals surface area contributed by atoms with Gasteiger partial charge in [0, 0.05) is 19.6 Å². The highest BCUT2D eigenvalue weighted by molar-refractivity contribution is 7.07. The lowest BCUT2D eigenvalue weighted by Crippen LogP contribution is -2.43. The van der Waals surface area contributed by atoms with Crippen molar-refractivity contribution in [1.29, 1.82) is 0 Å². The van der Waals surface area contributed by atoms with Crippen molar-refractivity contribution in [3.63, 3.8) is 0 Å². The number of hydrogen-bond acceptors (Lipinski definition) is 7. The molecule has 2 aromatic heterocycles. The summed E-state index contributed by atoms with van der Waals surface area (Å²) in [5, 5.41) is 6.83. The van der Waals surface area contributed by atoms with Crippen LogP contribution in [-0.2, 0) is 4.74 Å². The zero-order valence-corrected chi connectivity index (χ0v) is 13.1. The van der Waals surface area contributed by atoms with Crippen LogP contribution in [0.5, 0.6) is 0 Å². The lowest BCUT2D eigenvalue weighted by atomic mass is 10.1. The zero-order valence-electron chi connectivity index (χ0n) is 12.3. The van der Waals surface area contributed by atoms with E-state index in [2.05, 4.69) is 19.8 Å². The van der Waals surface area contributed by atoms with Crippen molar-refractivity contribution in [2.75, 3.05) is 32.8 Å². The maximum atomic E-state index is 12.2. The number of nitrogens with zero attached hydrogens (tertiary/aromatic N) is 3. The summed E-state index contributed by atoms with van der Waals surface area (Å²) in [6.07, 6.45) is 1.65. The third-order valence-corrected chi connectivity index (χ3v) is 4.50. The second-order valence-corrected chi connectivity index (χ2v) is 5.83. The molecule has 1 fully saturated rings. The Morgan fingerprint density at radius 3 is 2.95 bits per heavy atom. The highest BCUT2D eigenvalue weighted by Crippen LogP contribution is 2.22. The van der Waals surface area contributed by atoms with Crippen molar-refractivity contribution in [1.82, 2.24) is 19.8 Å². The van der Waals surface area contributed by atoms with E-state index in [9.17, 15) is 4.79 Å². The van der Waals surface area contributed by atoms with Crippen LogP contribution < -0.4 is 5.32 Å². The van der Waals surface area contributed by atoms with Crippen LogP contribution in [0.4, 0.5) is 0 Å². The molecule has 8 heteroatoms. The van der Waals surface area contributed by atoms with Crippen LogP contribution in [0, 0.1) is 6.92 Å². The van der Waals surface area contributed by atoms with E-state index in [4.69, 9.17) is 9.15 Å². The van der Waals surface area contributed by atoms with Crippen molar-refractivity contribution < 1.29 is 13.9 Å². The fourth-order valence-corrected chi connectivity index (χ4v) is 3.06. The molecule has 118 valence electrons. The number of ether oxygens (including phenoxy) is 1. The van der Waals surface area contributed by atoms with Crippen LogP contribution in [0.3, 0.4) is 0 Å². The van der Waals surface area contributed by atoms with Gasteiger partial charge in [0.05, 0.1) is 31.2 Å². The van der Waals surface area contributed by atoms with E-state index < -0.39 is 0 Å². The fourth-order valence-electron chi connectivity index (χ4n) is 2.49. The summed E-state index contributed by atoms with van der Waals surface area (Å²) >= 11 is 1.11. The van der Waals surface area contributed by atoms with Crippen LogP contribution >= 0.6 is 11.5 Å². The molecule has 1 aliphatic heterocycles. The predicted molar refractivity (Wildman–Crippen MR) is 80.8 cm³/mol. The van der Waals surface area contributed by atoms with Gasteiger partial charge in [-0.25, -0.2) is 0 Å². The molecule has 0 saturated carbocycles. The highest BCUT2D eigenvalue weighted by atomic mass is 32.1. The van der Waals surface area contributed by atoms with Gasteiger partial charge in [-0.3, -0.25) is 9.69 Å². The molecule has 7 nitrogen and oxygen atoms in total. The highest BCUT2D eigenvalue weighted by Gasteiger charge is 2.26. The summed E-state index contributed by atoms with van der Waals surface area (Å²) < 4.78 is 14.7. The first kappa shape index (κ1) is 15.1. The second-order valence-electron chi connectivity index (χ2n) is 5.08. The number of aryl methyl sites for hydroxylation is 1. The number of morpholine rings is 1. The first-order valence-corrected chi connectivity index (χ1v) is 7.95. The van der Waals surface area contributed by atoms with Crippen molar-refractivity contribution in [2.24, 2.45) is 0 Å². The molecule has 3 rings (SSSR count). The Morgan fingerprint density at radius 2 is 2.32 bits per heavy atom. The Hall–Kier alpha value is -1.77. The Labute approximate surface area is 132 Å². The van der Waals surface area contributed by atoms with Gasteiger partial charge < -0.3 is 14.5 Å². The summed E-state index contributed by atoms with van der Waals surface area (Å²) in [4.78, 5) is 15.0. The van der Waals surface area contributed by atoms with Gasteiger partial charge in [-0.15, -0.1) is 5.10 Å². The molecule has 0 aliphatic carbocycles. The Balaban J connectivity index is 1.68. The SMILES string of the molecule is Cc1nnsc1C(=O)NCC(c1ccco1)N1CCOCC1. The molecule has 2 aromatic rings. The Bertz CT molecular complexity index is 607. The molecule has 1 saturated heterocycles. The number of aromatic nitrogens is 2. The van der Waals surface area contributed by atoms with E-state index >= 15 is 0 Å². The van der Waals surface area contributed by atoms with Crippen LogP contribution in [0.1, 0.15) is 27.2 Å². The minimum absolute atomic E-state index is 0.00374. The van der Waals surface area contributed by atoms with E-state index in [-0.39, 0.29) is 11.9 Å². The van der Waals surface area contributed by atoms with Crippen molar-refractivity contribution in [2.45, 2.75) is 13.0 Å². The Kier molecular flexibility index (Phi) is 4.81. The summed E-state index contributed by atoms with van der Waals surface area (Å²) in [5.41, 5.74) is 0.656. The number of hydrogen-bond donors (Lipinski definition) is 1. The molecule has 22 heavy (non-hydrogen) atoms. The van der Waals surface area contributed by atoms with Crippen LogP contribution in [0.15, 0.2) is 22.8 Å². The number of carbonyl (C=O) groups excluding carboxylic acids is 1. The van der Waals surface area contributed by atoms with Gasteiger partial charge in [-0.2, -0.15) is 0 Å². The lowest BCUT2D eigenvalue weighted by molar-refractivity contribution is 0.0118. The predicted octanol–water partition coefficient (Wildman–Crippen LogP) is 1.24. The summed E-state index contributed by atoms with van der Waals surface area (Å²) in [7, 11) is 0. The van der Waals surface area contributed by atoms with Crippen molar-refractivity contribution in [3.05, 3.63) is 34.7 Å². The van der Waals surface area contributed by atoms with E-state index in [0.717, 1.165) is 30.4 Å². The topological polar surface area (TPSA) is 80.5 Å². The largest absolute Gasteiger partial charge is 0.468 e. The van der Waals surface area contributed by atoms with Gasteiger partial charge in [-0.05, 0) is 30.6 Å². The first-order valence-electron chi connectivity index (χ1n) is 7.18. The molecule has 1 unspecified atom stereocenters. The quantitative estimate of drug-likeness (QED) is 0.892. The van der Waals surface area contributed by atoms with Gasteiger partial charge in [-0.1, -0.05) is 4.49 Å². The van der Waals surface area contributed by atoms with E-state index in [0.29, 0.717) is 30.3 Å². The van der Waals surface area contributed by atoms with Gasteiger partial charge in [0.15, 0.2) is 0 Å². The van der Waals surface area contributed by atoms with Gasteiger partial charge in [0.1, 0.15) is 10.6 Å². The smallest absolute Gasteiger partial charge is 0.265 e. The van der Waals surface area contributed by atoms with Crippen LogP contribution in [0.25, 0.3) is 0 Å². The molecule has 0 bridgehead atoms. The molecule has 1 N–H and O–H groups in total. The molecule has 1 amide bonds. The fraction of sp³-hybridized carbons (Fsp3) is 0.500. The third-order valence-electron chi connectivity index (χ3n) is 3.67. The standard InChI is InChI=1S/C14H18N4O3S/c1-10-13(22-17-16-10)14(19)15-9-11(12-3-2-6-21-12)18-4-7-20-8-5-18/h2-3,6,11H,4-5,7-9H2,1H3,(H,15,19). The van der Waals surface area contributed by atoms with E-state index in [1.54, 1.807) is 13.2 Å². The minimum Gasteiger partial charge on any atom is -0.468 e. The molecule has 0 aromatic carbocycles. The van der Waals surface area contributed by atoms with Gasteiger partial charge in [0.2, 0.25) is 0 Å². The first-order chi connectivity index (χ1) is 10.8. The molecular weight excluding hydrogens is 304 g/mol. The number of amides is 1. The summed E-state index contributed by atoms with van der Waals surface area (Å²) in [6.45, 7) is 5.30. The van der Waals surface area contributed by atoms with Crippen molar-refractivity contribution in [3.8, 4) is 0 Å². The normalized spacial score (nSPS) is 17.3. The molecule has 3 heterocycles. The molecular formula is C14H18N4O3S. The molecule has 1 aliphatic rings. The van der Waals surface area contributed by atoms with Crippen molar-refractivity contribution >= 4 is 17.4 Å². The van der Waals surface area contributed by atoms with Gasteiger partial charge >= 0.3 is 0 Å².